The molecular weight excluding hydrogens is 353 g/mol. The van der Waals surface area contributed by atoms with Crippen molar-refractivity contribution >= 4 is 28.3 Å². The van der Waals surface area contributed by atoms with Crippen LogP contribution in [-0.4, -0.2) is 36.1 Å². The second-order valence-corrected chi connectivity index (χ2v) is 5.91. The quantitative estimate of drug-likeness (QED) is 0.763. The van der Waals surface area contributed by atoms with E-state index in [1.54, 1.807) is 0 Å². The minimum Gasteiger partial charge on any atom is -0.378 e. The van der Waals surface area contributed by atoms with Crippen LogP contribution in [0.25, 0.3) is 11.1 Å². The zero-order valence-electron chi connectivity index (χ0n) is 10.8. The van der Waals surface area contributed by atoms with Gasteiger partial charge >= 0.3 is 0 Å². The Labute approximate surface area is 126 Å². The van der Waals surface area contributed by atoms with E-state index in [-0.39, 0.29) is 0 Å². The smallest absolute Gasteiger partial charge is 0.0642 e. The van der Waals surface area contributed by atoms with Crippen LogP contribution in [0, 0.1) is 3.57 Å². The molecule has 0 N–H and O–H groups in total. The van der Waals surface area contributed by atoms with Gasteiger partial charge in [0.1, 0.15) is 0 Å². The lowest BCUT2D eigenvalue weighted by Crippen LogP contribution is -2.36. The highest BCUT2D eigenvalue weighted by atomic mass is 127. The molecule has 1 aliphatic heterocycles. The van der Waals surface area contributed by atoms with Crippen molar-refractivity contribution in [3.05, 3.63) is 34.2 Å². The SMILES string of the molecule is Cn1cc(-c2cc(I)ccc2N2CCOCC2)cn1. The predicted octanol–water partition coefficient (Wildman–Crippen LogP) is 2.53. The van der Waals surface area contributed by atoms with Gasteiger partial charge in [0, 0.05) is 46.7 Å². The number of halogens is 1. The second kappa shape index (κ2) is 5.50. The van der Waals surface area contributed by atoms with Crippen molar-refractivity contribution in [3.63, 3.8) is 0 Å². The van der Waals surface area contributed by atoms with Gasteiger partial charge in [-0.15, -0.1) is 0 Å². The molecule has 0 radical (unpaired) electrons. The van der Waals surface area contributed by atoms with Crippen LogP contribution in [-0.2, 0) is 11.8 Å². The summed E-state index contributed by atoms with van der Waals surface area (Å²) < 4.78 is 8.52. The largest absolute Gasteiger partial charge is 0.378 e. The molecule has 2 aromatic rings. The average Bonchev–Trinajstić information content (AvgIpc) is 2.86. The molecule has 0 saturated carbocycles. The number of morpholine rings is 1. The number of aromatic nitrogens is 2. The first kappa shape index (κ1) is 12.9. The third-order valence-corrected chi connectivity index (χ3v) is 4.00. The lowest BCUT2D eigenvalue weighted by atomic mass is 10.1. The molecule has 0 aliphatic carbocycles. The third kappa shape index (κ3) is 2.76. The summed E-state index contributed by atoms with van der Waals surface area (Å²) in [4.78, 5) is 2.39. The maximum Gasteiger partial charge on any atom is 0.0642 e. The van der Waals surface area contributed by atoms with E-state index in [0.29, 0.717) is 0 Å². The summed E-state index contributed by atoms with van der Waals surface area (Å²) in [5.41, 5.74) is 3.70. The van der Waals surface area contributed by atoms with Crippen LogP contribution in [0.5, 0.6) is 0 Å². The molecule has 2 heterocycles. The third-order valence-electron chi connectivity index (χ3n) is 3.33. The molecule has 19 heavy (non-hydrogen) atoms. The highest BCUT2D eigenvalue weighted by molar-refractivity contribution is 14.1. The van der Waals surface area contributed by atoms with E-state index >= 15 is 0 Å². The Balaban J connectivity index is 2.03. The Morgan fingerprint density at radius 1 is 1.26 bits per heavy atom. The van der Waals surface area contributed by atoms with Gasteiger partial charge < -0.3 is 9.64 Å². The highest BCUT2D eigenvalue weighted by Gasteiger charge is 2.16. The molecule has 1 aromatic heterocycles. The van der Waals surface area contributed by atoms with Crippen LogP contribution in [0.15, 0.2) is 30.6 Å². The first-order chi connectivity index (χ1) is 9.24. The summed E-state index contributed by atoms with van der Waals surface area (Å²) in [7, 11) is 1.95. The van der Waals surface area contributed by atoms with Crippen LogP contribution in [0.3, 0.4) is 0 Å². The Kier molecular flexibility index (Phi) is 3.74. The number of anilines is 1. The maximum absolute atomic E-state index is 5.44. The number of hydrogen-bond acceptors (Lipinski definition) is 3. The fourth-order valence-electron chi connectivity index (χ4n) is 2.38. The Hall–Kier alpha value is -1.08. The van der Waals surface area contributed by atoms with E-state index in [1.165, 1.54) is 20.4 Å². The Morgan fingerprint density at radius 2 is 2.05 bits per heavy atom. The minimum absolute atomic E-state index is 0.804. The summed E-state index contributed by atoms with van der Waals surface area (Å²) in [6.07, 6.45) is 3.99. The molecule has 5 heteroatoms. The van der Waals surface area contributed by atoms with Crippen molar-refractivity contribution in [3.8, 4) is 11.1 Å². The number of nitrogens with zero attached hydrogens (tertiary/aromatic N) is 3. The van der Waals surface area contributed by atoms with Gasteiger partial charge in [0.25, 0.3) is 0 Å². The molecular formula is C14H16IN3O. The number of rotatable bonds is 2. The normalized spacial score (nSPS) is 15.8. The van der Waals surface area contributed by atoms with Gasteiger partial charge in [0.05, 0.1) is 19.4 Å². The van der Waals surface area contributed by atoms with Gasteiger partial charge in [-0.2, -0.15) is 5.10 Å². The van der Waals surface area contributed by atoms with Gasteiger partial charge in [-0.3, -0.25) is 4.68 Å². The van der Waals surface area contributed by atoms with Crippen LogP contribution in [0.2, 0.25) is 0 Å². The van der Waals surface area contributed by atoms with Gasteiger partial charge in [-0.05, 0) is 40.8 Å². The minimum atomic E-state index is 0.804. The molecule has 0 atom stereocenters. The molecule has 1 saturated heterocycles. The molecule has 1 aromatic carbocycles. The van der Waals surface area contributed by atoms with E-state index in [0.717, 1.165) is 26.3 Å². The van der Waals surface area contributed by atoms with Crippen LogP contribution >= 0.6 is 22.6 Å². The number of aryl methyl sites for hydroxylation is 1. The van der Waals surface area contributed by atoms with Crippen molar-refractivity contribution in [2.24, 2.45) is 7.05 Å². The second-order valence-electron chi connectivity index (χ2n) is 4.66. The lowest BCUT2D eigenvalue weighted by molar-refractivity contribution is 0.123. The summed E-state index contributed by atoms with van der Waals surface area (Å²) in [5.74, 6) is 0. The fourth-order valence-corrected chi connectivity index (χ4v) is 2.87. The lowest BCUT2D eigenvalue weighted by Gasteiger charge is -2.30. The molecule has 0 amide bonds. The Bertz CT molecular complexity index is 576. The van der Waals surface area contributed by atoms with E-state index in [1.807, 2.05) is 17.9 Å². The van der Waals surface area contributed by atoms with E-state index in [4.69, 9.17) is 4.74 Å². The van der Waals surface area contributed by atoms with E-state index < -0.39 is 0 Å². The maximum atomic E-state index is 5.44. The van der Waals surface area contributed by atoms with Gasteiger partial charge in [-0.1, -0.05) is 0 Å². The Morgan fingerprint density at radius 3 is 2.74 bits per heavy atom. The predicted molar refractivity (Wildman–Crippen MR) is 84.4 cm³/mol. The fraction of sp³-hybridized carbons (Fsp3) is 0.357. The molecule has 1 aliphatic rings. The van der Waals surface area contributed by atoms with Crippen molar-refractivity contribution in [2.45, 2.75) is 0 Å². The molecule has 100 valence electrons. The average molecular weight is 369 g/mol. The van der Waals surface area contributed by atoms with Crippen molar-refractivity contribution in [1.82, 2.24) is 9.78 Å². The molecule has 4 nitrogen and oxygen atoms in total. The number of ether oxygens (including phenoxy) is 1. The monoisotopic (exact) mass is 369 g/mol. The summed E-state index contributed by atoms with van der Waals surface area (Å²) in [6.45, 7) is 3.51. The zero-order valence-corrected chi connectivity index (χ0v) is 13.0. The van der Waals surface area contributed by atoms with Crippen molar-refractivity contribution in [2.75, 3.05) is 31.2 Å². The number of benzene rings is 1. The first-order valence-electron chi connectivity index (χ1n) is 6.35. The summed E-state index contributed by atoms with van der Waals surface area (Å²) in [5, 5.41) is 4.28. The van der Waals surface area contributed by atoms with Crippen LogP contribution in [0.4, 0.5) is 5.69 Å². The number of hydrogen-bond donors (Lipinski definition) is 0. The molecule has 0 spiro atoms. The van der Waals surface area contributed by atoms with Crippen molar-refractivity contribution in [1.29, 1.82) is 0 Å². The molecule has 0 bridgehead atoms. The van der Waals surface area contributed by atoms with E-state index in [9.17, 15) is 0 Å². The first-order valence-corrected chi connectivity index (χ1v) is 7.43. The highest BCUT2D eigenvalue weighted by Crippen LogP contribution is 2.32. The van der Waals surface area contributed by atoms with Gasteiger partial charge in [0.15, 0.2) is 0 Å². The standard InChI is InChI=1S/C14H16IN3O/c1-17-10-11(9-16-17)13-8-12(15)2-3-14(13)18-4-6-19-7-5-18/h2-3,8-10H,4-7H2,1H3. The van der Waals surface area contributed by atoms with Crippen LogP contribution in [0.1, 0.15) is 0 Å². The molecule has 1 fully saturated rings. The summed E-state index contributed by atoms with van der Waals surface area (Å²) >= 11 is 2.36. The van der Waals surface area contributed by atoms with E-state index in [2.05, 4.69) is 57.0 Å². The summed E-state index contributed by atoms with van der Waals surface area (Å²) in [6, 6.07) is 6.59. The van der Waals surface area contributed by atoms with Gasteiger partial charge in [0.2, 0.25) is 0 Å². The molecule has 0 unspecified atom stereocenters. The van der Waals surface area contributed by atoms with Crippen LogP contribution < -0.4 is 4.90 Å². The van der Waals surface area contributed by atoms with Crippen molar-refractivity contribution < 1.29 is 4.74 Å². The molecule has 3 rings (SSSR count). The zero-order chi connectivity index (χ0) is 13.2. The van der Waals surface area contributed by atoms with Gasteiger partial charge in [-0.25, -0.2) is 0 Å². The topological polar surface area (TPSA) is 30.3 Å².